The van der Waals surface area contributed by atoms with Gasteiger partial charge in [-0.1, -0.05) is 38.5 Å². The van der Waals surface area contributed by atoms with Crippen LogP contribution >= 0.6 is 0 Å². The van der Waals surface area contributed by atoms with E-state index in [0.717, 1.165) is 19.3 Å². The van der Waals surface area contributed by atoms with Crippen LogP contribution in [0.3, 0.4) is 0 Å². The molecule has 1 fully saturated rings. The molecule has 0 N–H and O–H groups in total. The standard InChI is InChI=1S/C13H21NO/c14-11-12-8-6-4-2-1-3-5-7-9-13(15)10-12/h12H,1-10H2. The molecule has 0 saturated heterocycles. The van der Waals surface area contributed by atoms with Crippen LogP contribution in [-0.4, -0.2) is 5.78 Å². The van der Waals surface area contributed by atoms with Gasteiger partial charge >= 0.3 is 0 Å². The SMILES string of the molecule is N#CC1CCCCCCCCCC(=O)C1. The number of hydrogen-bond donors (Lipinski definition) is 0. The maximum absolute atomic E-state index is 11.5. The first-order chi connectivity index (χ1) is 7.33. The van der Waals surface area contributed by atoms with Gasteiger partial charge in [-0.05, 0) is 12.8 Å². The first-order valence-corrected chi connectivity index (χ1v) is 6.24. The van der Waals surface area contributed by atoms with E-state index in [1.54, 1.807) is 0 Å². The number of rotatable bonds is 0. The van der Waals surface area contributed by atoms with Gasteiger partial charge in [0.2, 0.25) is 0 Å². The minimum Gasteiger partial charge on any atom is -0.300 e. The van der Waals surface area contributed by atoms with Crippen LogP contribution in [-0.2, 0) is 4.79 Å². The molecular weight excluding hydrogens is 186 g/mol. The van der Waals surface area contributed by atoms with Crippen molar-refractivity contribution in [2.24, 2.45) is 5.92 Å². The molecule has 0 aromatic carbocycles. The number of ketones is 1. The monoisotopic (exact) mass is 207 g/mol. The molecule has 0 bridgehead atoms. The Bertz CT molecular complexity index is 229. The molecule has 0 aromatic rings. The highest BCUT2D eigenvalue weighted by atomic mass is 16.1. The molecule has 1 aliphatic carbocycles. The molecule has 1 rings (SSSR count). The summed E-state index contributed by atoms with van der Waals surface area (Å²) in [6.45, 7) is 0. The van der Waals surface area contributed by atoms with E-state index in [9.17, 15) is 4.79 Å². The van der Waals surface area contributed by atoms with Crippen LogP contribution in [0.5, 0.6) is 0 Å². The van der Waals surface area contributed by atoms with Gasteiger partial charge < -0.3 is 0 Å². The molecule has 1 saturated carbocycles. The number of nitrogens with zero attached hydrogens (tertiary/aromatic N) is 1. The largest absolute Gasteiger partial charge is 0.300 e. The van der Waals surface area contributed by atoms with Gasteiger partial charge in [-0.2, -0.15) is 5.26 Å². The number of hydrogen-bond acceptors (Lipinski definition) is 2. The van der Waals surface area contributed by atoms with Crippen molar-refractivity contribution < 1.29 is 4.79 Å². The van der Waals surface area contributed by atoms with Gasteiger partial charge in [0.25, 0.3) is 0 Å². The van der Waals surface area contributed by atoms with E-state index >= 15 is 0 Å². The van der Waals surface area contributed by atoms with Crippen molar-refractivity contribution in [3.05, 3.63) is 0 Å². The summed E-state index contributed by atoms with van der Waals surface area (Å²) in [4.78, 5) is 11.5. The fourth-order valence-electron chi connectivity index (χ4n) is 2.19. The highest BCUT2D eigenvalue weighted by Gasteiger charge is 2.13. The molecule has 0 amide bonds. The van der Waals surface area contributed by atoms with Crippen molar-refractivity contribution in [3.63, 3.8) is 0 Å². The topological polar surface area (TPSA) is 40.9 Å². The van der Waals surface area contributed by atoms with Crippen molar-refractivity contribution >= 4 is 5.78 Å². The molecule has 0 spiro atoms. The lowest BCUT2D eigenvalue weighted by atomic mass is 9.93. The molecule has 1 aliphatic rings. The summed E-state index contributed by atoms with van der Waals surface area (Å²) < 4.78 is 0. The van der Waals surface area contributed by atoms with E-state index in [-0.39, 0.29) is 5.92 Å². The Balaban J connectivity index is 2.36. The molecule has 84 valence electrons. The smallest absolute Gasteiger partial charge is 0.134 e. The lowest BCUT2D eigenvalue weighted by Crippen LogP contribution is -2.07. The summed E-state index contributed by atoms with van der Waals surface area (Å²) in [5.41, 5.74) is 0. The number of carbonyl (C=O) groups excluding carboxylic acids is 1. The van der Waals surface area contributed by atoms with Crippen LogP contribution in [0, 0.1) is 17.2 Å². The molecule has 0 aromatic heterocycles. The molecule has 15 heavy (non-hydrogen) atoms. The van der Waals surface area contributed by atoms with Crippen molar-refractivity contribution in [2.45, 2.75) is 64.2 Å². The first-order valence-electron chi connectivity index (χ1n) is 6.24. The number of carbonyl (C=O) groups is 1. The van der Waals surface area contributed by atoms with Crippen LogP contribution in [0.25, 0.3) is 0 Å². The second kappa shape index (κ2) is 7.45. The zero-order valence-electron chi connectivity index (χ0n) is 9.50. The highest BCUT2D eigenvalue weighted by molar-refractivity contribution is 5.78. The summed E-state index contributed by atoms with van der Waals surface area (Å²) in [6.07, 6.45) is 10.5. The van der Waals surface area contributed by atoms with Gasteiger partial charge in [0, 0.05) is 12.8 Å². The van der Waals surface area contributed by atoms with Gasteiger partial charge in [-0.25, -0.2) is 0 Å². The van der Waals surface area contributed by atoms with Crippen molar-refractivity contribution in [3.8, 4) is 6.07 Å². The van der Waals surface area contributed by atoms with Crippen molar-refractivity contribution in [2.75, 3.05) is 0 Å². The number of nitriles is 1. The summed E-state index contributed by atoms with van der Waals surface area (Å²) in [5, 5.41) is 8.91. The predicted octanol–water partition coefficient (Wildman–Crippen LogP) is 3.61. The zero-order chi connectivity index (χ0) is 10.9. The lowest BCUT2D eigenvalue weighted by molar-refractivity contribution is -0.119. The maximum atomic E-state index is 11.5. The first kappa shape index (κ1) is 12.2. The normalized spacial score (nSPS) is 26.1. The van der Waals surface area contributed by atoms with Crippen LogP contribution in [0.4, 0.5) is 0 Å². The minimum atomic E-state index is -0.0167. The Morgan fingerprint density at radius 3 is 2.27 bits per heavy atom. The third kappa shape index (κ3) is 5.57. The Kier molecular flexibility index (Phi) is 6.08. The second-order valence-electron chi connectivity index (χ2n) is 4.58. The third-order valence-corrected chi connectivity index (χ3v) is 3.16. The fraction of sp³-hybridized carbons (Fsp3) is 0.846. The summed E-state index contributed by atoms with van der Waals surface area (Å²) in [6, 6.07) is 2.27. The Hall–Kier alpha value is -0.840. The highest BCUT2D eigenvalue weighted by Crippen LogP contribution is 2.18. The average molecular weight is 207 g/mol. The summed E-state index contributed by atoms with van der Waals surface area (Å²) >= 11 is 0. The van der Waals surface area contributed by atoms with Gasteiger partial charge in [0.15, 0.2) is 0 Å². The van der Waals surface area contributed by atoms with Crippen LogP contribution in [0.15, 0.2) is 0 Å². The molecule has 0 heterocycles. The molecular formula is C13H21NO. The van der Waals surface area contributed by atoms with Crippen LogP contribution in [0.1, 0.15) is 64.2 Å². The van der Waals surface area contributed by atoms with E-state index < -0.39 is 0 Å². The molecule has 2 nitrogen and oxygen atoms in total. The van der Waals surface area contributed by atoms with Crippen LogP contribution in [0.2, 0.25) is 0 Å². The van der Waals surface area contributed by atoms with Gasteiger partial charge in [-0.15, -0.1) is 0 Å². The van der Waals surface area contributed by atoms with E-state index in [4.69, 9.17) is 5.26 Å². The quantitative estimate of drug-likeness (QED) is 0.608. The molecule has 0 radical (unpaired) electrons. The van der Waals surface area contributed by atoms with Gasteiger partial charge in [0.1, 0.15) is 5.78 Å². The summed E-state index contributed by atoms with van der Waals surface area (Å²) in [7, 11) is 0. The Morgan fingerprint density at radius 2 is 1.60 bits per heavy atom. The van der Waals surface area contributed by atoms with E-state index in [0.29, 0.717) is 18.6 Å². The maximum Gasteiger partial charge on any atom is 0.134 e. The average Bonchev–Trinajstić information content (AvgIpc) is 2.22. The second-order valence-corrected chi connectivity index (χ2v) is 4.58. The van der Waals surface area contributed by atoms with E-state index in [2.05, 4.69) is 6.07 Å². The Morgan fingerprint density at radius 1 is 1.00 bits per heavy atom. The zero-order valence-corrected chi connectivity index (χ0v) is 9.50. The van der Waals surface area contributed by atoms with Crippen LogP contribution < -0.4 is 0 Å². The lowest BCUT2D eigenvalue weighted by Gasteiger charge is -2.10. The third-order valence-electron chi connectivity index (χ3n) is 3.16. The minimum absolute atomic E-state index is 0.0167. The van der Waals surface area contributed by atoms with Crippen molar-refractivity contribution in [1.29, 1.82) is 5.26 Å². The molecule has 0 aliphatic heterocycles. The van der Waals surface area contributed by atoms with E-state index in [1.165, 1.54) is 32.1 Å². The molecule has 1 unspecified atom stereocenters. The predicted molar refractivity (Wildman–Crippen MR) is 60.3 cm³/mol. The number of Topliss-reactive ketones (excluding diaryl/α,β-unsaturated/α-hetero) is 1. The fourth-order valence-corrected chi connectivity index (χ4v) is 2.19. The Labute approximate surface area is 92.7 Å². The van der Waals surface area contributed by atoms with Gasteiger partial charge in [0.05, 0.1) is 12.0 Å². The van der Waals surface area contributed by atoms with E-state index in [1.807, 2.05) is 0 Å². The van der Waals surface area contributed by atoms with Crippen molar-refractivity contribution in [1.82, 2.24) is 0 Å². The molecule has 1 atom stereocenters. The molecule has 2 heteroatoms. The summed E-state index contributed by atoms with van der Waals surface area (Å²) in [5.74, 6) is 0.277. The van der Waals surface area contributed by atoms with Gasteiger partial charge in [-0.3, -0.25) is 4.79 Å².